The van der Waals surface area contributed by atoms with Gasteiger partial charge in [-0.05, 0) is 44.7 Å². The van der Waals surface area contributed by atoms with Crippen LogP contribution >= 0.6 is 0 Å². The van der Waals surface area contributed by atoms with Gasteiger partial charge in [-0.3, -0.25) is 4.79 Å². The third-order valence-electron chi connectivity index (χ3n) is 5.70. The molecule has 0 unspecified atom stereocenters. The van der Waals surface area contributed by atoms with E-state index in [1.54, 1.807) is 6.33 Å². The van der Waals surface area contributed by atoms with Crippen LogP contribution in [0, 0.1) is 5.92 Å². The Kier molecular flexibility index (Phi) is 6.12. The highest BCUT2D eigenvalue weighted by Gasteiger charge is 2.27. The highest BCUT2D eigenvalue weighted by atomic mass is 16.5. The molecule has 7 heteroatoms. The molecular weight excluding hydrogens is 366 g/mol. The predicted molar refractivity (Wildman–Crippen MR) is 115 cm³/mol. The average molecular weight is 396 g/mol. The molecule has 2 aliphatic rings. The minimum atomic E-state index is 0.000761. The summed E-state index contributed by atoms with van der Waals surface area (Å²) in [5.74, 6) is 2.76. The van der Waals surface area contributed by atoms with Crippen LogP contribution in [0.5, 0.6) is 5.75 Å². The van der Waals surface area contributed by atoms with Crippen molar-refractivity contribution >= 4 is 23.2 Å². The fourth-order valence-corrected chi connectivity index (χ4v) is 4.09. The molecule has 0 radical (unpaired) electrons. The lowest BCUT2D eigenvalue weighted by molar-refractivity contribution is -0.120. The van der Waals surface area contributed by atoms with Gasteiger partial charge >= 0.3 is 0 Å². The number of aromatic nitrogens is 2. The number of rotatable bonds is 6. The van der Waals surface area contributed by atoms with Gasteiger partial charge in [-0.1, -0.05) is 12.1 Å². The SMILES string of the molecule is CCOc1ccccc1NC(=O)C1CCN(c2cc(N3CCCC3)ncn2)CC1. The van der Waals surface area contributed by atoms with Crippen LogP contribution in [-0.2, 0) is 4.79 Å². The van der Waals surface area contributed by atoms with E-state index in [9.17, 15) is 4.79 Å². The van der Waals surface area contributed by atoms with Crippen molar-refractivity contribution in [3.8, 4) is 5.75 Å². The molecule has 29 heavy (non-hydrogen) atoms. The second-order valence-electron chi connectivity index (χ2n) is 7.61. The number of nitrogens with one attached hydrogen (secondary N) is 1. The van der Waals surface area contributed by atoms with Crippen molar-refractivity contribution in [3.05, 3.63) is 36.7 Å². The Balaban J connectivity index is 1.35. The van der Waals surface area contributed by atoms with E-state index in [0.717, 1.165) is 62.1 Å². The van der Waals surface area contributed by atoms with E-state index >= 15 is 0 Å². The number of nitrogens with zero attached hydrogens (tertiary/aromatic N) is 4. The zero-order valence-corrected chi connectivity index (χ0v) is 17.0. The summed E-state index contributed by atoms with van der Waals surface area (Å²) >= 11 is 0. The lowest BCUT2D eigenvalue weighted by Crippen LogP contribution is -2.38. The number of amides is 1. The van der Waals surface area contributed by atoms with Gasteiger partial charge in [-0.2, -0.15) is 0 Å². The van der Waals surface area contributed by atoms with Gasteiger partial charge in [0.05, 0.1) is 12.3 Å². The van der Waals surface area contributed by atoms with E-state index in [2.05, 4.69) is 31.2 Å². The molecule has 2 aliphatic heterocycles. The summed E-state index contributed by atoms with van der Waals surface area (Å²) in [4.78, 5) is 26.3. The number of piperidine rings is 1. The first-order valence-corrected chi connectivity index (χ1v) is 10.6. The number of hydrogen-bond donors (Lipinski definition) is 1. The minimum Gasteiger partial charge on any atom is -0.492 e. The van der Waals surface area contributed by atoms with Crippen molar-refractivity contribution in [2.45, 2.75) is 32.6 Å². The maximum Gasteiger partial charge on any atom is 0.227 e. The molecular formula is C22H29N5O2. The maximum absolute atomic E-state index is 12.8. The van der Waals surface area contributed by atoms with Crippen LogP contribution in [0.1, 0.15) is 32.6 Å². The Morgan fingerprint density at radius 3 is 2.41 bits per heavy atom. The number of ether oxygens (including phenoxy) is 1. The smallest absolute Gasteiger partial charge is 0.227 e. The highest BCUT2D eigenvalue weighted by Crippen LogP contribution is 2.28. The van der Waals surface area contributed by atoms with Crippen molar-refractivity contribution in [1.82, 2.24) is 9.97 Å². The molecule has 154 valence electrons. The Morgan fingerprint density at radius 2 is 1.72 bits per heavy atom. The first-order valence-electron chi connectivity index (χ1n) is 10.6. The molecule has 3 heterocycles. The molecule has 1 aromatic carbocycles. The van der Waals surface area contributed by atoms with E-state index < -0.39 is 0 Å². The molecule has 4 rings (SSSR count). The lowest BCUT2D eigenvalue weighted by Gasteiger charge is -2.32. The van der Waals surface area contributed by atoms with Crippen LogP contribution in [0.2, 0.25) is 0 Å². The molecule has 0 atom stereocenters. The molecule has 2 saturated heterocycles. The van der Waals surface area contributed by atoms with Gasteiger partial charge in [0.25, 0.3) is 0 Å². The van der Waals surface area contributed by atoms with Gasteiger partial charge in [0.1, 0.15) is 23.7 Å². The van der Waals surface area contributed by atoms with Crippen LogP contribution < -0.4 is 19.9 Å². The van der Waals surface area contributed by atoms with Crippen LogP contribution in [0.4, 0.5) is 17.3 Å². The largest absolute Gasteiger partial charge is 0.492 e. The normalized spacial score (nSPS) is 17.4. The van der Waals surface area contributed by atoms with Gasteiger partial charge in [0.2, 0.25) is 5.91 Å². The lowest BCUT2D eigenvalue weighted by atomic mass is 9.95. The average Bonchev–Trinajstić information content (AvgIpc) is 3.31. The van der Waals surface area contributed by atoms with E-state index in [1.807, 2.05) is 31.2 Å². The van der Waals surface area contributed by atoms with Crippen LogP contribution in [0.25, 0.3) is 0 Å². The van der Waals surface area contributed by atoms with E-state index in [0.29, 0.717) is 6.61 Å². The molecule has 0 saturated carbocycles. The van der Waals surface area contributed by atoms with Crippen molar-refractivity contribution in [2.75, 3.05) is 47.9 Å². The van der Waals surface area contributed by atoms with Gasteiger partial charge in [-0.25, -0.2) is 9.97 Å². The monoisotopic (exact) mass is 395 g/mol. The number of anilines is 3. The molecule has 7 nitrogen and oxygen atoms in total. The summed E-state index contributed by atoms with van der Waals surface area (Å²) < 4.78 is 5.61. The van der Waals surface area contributed by atoms with Crippen molar-refractivity contribution in [3.63, 3.8) is 0 Å². The molecule has 2 aromatic rings. The predicted octanol–water partition coefficient (Wildman–Crippen LogP) is 3.33. The zero-order chi connectivity index (χ0) is 20.1. The Bertz CT molecular complexity index is 829. The second kappa shape index (κ2) is 9.11. The zero-order valence-electron chi connectivity index (χ0n) is 17.0. The molecule has 0 spiro atoms. The van der Waals surface area contributed by atoms with Gasteiger partial charge in [0.15, 0.2) is 0 Å². The summed E-state index contributed by atoms with van der Waals surface area (Å²) in [6.45, 7) is 6.30. The summed E-state index contributed by atoms with van der Waals surface area (Å²) in [6.07, 6.45) is 5.74. The topological polar surface area (TPSA) is 70.6 Å². The summed E-state index contributed by atoms with van der Waals surface area (Å²) in [6, 6.07) is 9.68. The van der Waals surface area contributed by atoms with Crippen molar-refractivity contribution in [2.24, 2.45) is 5.92 Å². The molecule has 1 amide bonds. The number of carbonyl (C=O) groups excluding carboxylic acids is 1. The first kappa shape index (κ1) is 19.5. The molecule has 0 bridgehead atoms. The van der Waals surface area contributed by atoms with Crippen LogP contribution in [0.15, 0.2) is 36.7 Å². The molecule has 2 fully saturated rings. The summed E-state index contributed by atoms with van der Waals surface area (Å²) in [5, 5.41) is 3.05. The Labute approximate surface area is 172 Å². The van der Waals surface area contributed by atoms with Crippen LogP contribution in [-0.4, -0.2) is 48.7 Å². The third kappa shape index (κ3) is 4.60. The Morgan fingerprint density at radius 1 is 1.07 bits per heavy atom. The minimum absolute atomic E-state index is 0.000761. The van der Waals surface area contributed by atoms with Crippen molar-refractivity contribution in [1.29, 1.82) is 0 Å². The first-order chi connectivity index (χ1) is 14.2. The molecule has 1 aromatic heterocycles. The Hall–Kier alpha value is -2.83. The summed E-state index contributed by atoms with van der Waals surface area (Å²) in [7, 11) is 0. The van der Waals surface area contributed by atoms with E-state index in [4.69, 9.17) is 4.74 Å². The van der Waals surface area contributed by atoms with E-state index in [-0.39, 0.29) is 11.8 Å². The number of hydrogen-bond acceptors (Lipinski definition) is 6. The highest BCUT2D eigenvalue weighted by molar-refractivity contribution is 5.94. The number of carbonyl (C=O) groups is 1. The quantitative estimate of drug-likeness (QED) is 0.809. The third-order valence-corrected chi connectivity index (χ3v) is 5.70. The standard InChI is InChI=1S/C22H29N5O2/c1-2-29-19-8-4-3-7-18(19)25-22(28)17-9-13-27(14-10-17)21-15-20(23-16-24-21)26-11-5-6-12-26/h3-4,7-8,15-17H,2,5-6,9-14H2,1H3,(H,25,28). The van der Waals surface area contributed by atoms with Gasteiger partial charge in [0, 0.05) is 38.2 Å². The maximum atomic E-state index is 12.8. The fraction of sp³-hybridized carbons (Fsp3) is 0.500. The van der Waals surface area contributed by atoms with Gasteiger partial charge < -0.3 is 19.9 Å². The second-order valence-corrected chi connectivity index (χ2v) is 7.61. The fourth-order valence-electron chi connectivity index (χ4n) is 4.09. The molecule has 1 N–H and O–H groups in total. The van der Waals surface area contributed by atoms with Gasteiger partial charge in [-0.15, -0.1) is 0 Å². The number of para-hydroxylation sites is 2. The number of benzene rings is 1. The van der Waals surface area contributed by atoms with E-state index in [1.165, 1.54) is 12.8 Å². The van der Waals surface area contributed by atoms with Crippen LogP contribution in [0.3, 0.4) is 0 Å². The van der Waals surface area contributed by atoms with Crippen molar-refractivity contribution < 1.29 is 9.53 Å². The molecule has 0 aliphatic carbocycles. The summed E-state index contributed by atoms with van der Waals surface area (Å²) in [5.41, 5.74) is 0.743.